The maximum Gasteiger partial charge on any atom is 0.148 e. The third kappa shape index (κ3) is 1.41. The highest BCUT2D eigenvalue weighted by Gasteiger charge is 2.52. The molecule has 4 bridgehead atoms. The van der Waals surface area contributed by atoms with Crippen LogP contribution in [0.15, 0.2) is 6.33 Å². The Hall–Kier alpha value is -0.570. The predicted octanol–water partition coefficient (Wildman–Crippen LogP) is 2.94. The summed E-state index contributed by atoms with van der Waals surface area (Å²) >= 11 is 5.99. The summed E-state index contributed by atoms with van der Waals surface area (Å²) in [5.41, 5.74) is 0.322. The van der Waals surface area contributed by atoms with Gasteiger partial charge in [-0.3, -0.25) is 0 Å². The van der Waals surface area contributed by atoms with Crippen LogP contribution in [0.5, 0.6) is 0 Å². The van der Waals surface area contributed by atoms with Crippen LogP contribution in [0.25, 0.3) is 0 Å². The predicted molar refractivity (Wildman–Crippen MR) is 65.7 cm³/mol. The molecular weight excluding hydrogens is 234 g/mol. The topological polar surface area (TPSA) is 30.7 Å². The maximum atomic E-state index is 5.99. The molecule has 92 valence electrons. The molecule has 0 N–H and O–H groups in total. The Morgan fingerprint density at radius 3 is 2.29 bits per heavy atom. The number of hydrogen-bond donors (Lipinski definition) is 0. The van der Waals surface area contributed by atoms with E-state index in [0.717, 1.165) is 23.6 Å². The molecule has 17 heavy (non-hydrogen) atoms. The zero-order valence-electron chi connectivity index (χ0n) is 9.98. The standard InChI is InChI=1S/C13H18ClN3/c14-7-12-16-15-8-17(12)13-4-9-1-10(5-13)3-11(2-9)6-13/h8-11H,1-7H2. The van der Waals surface area contributed by atoms with Gasteiger partial charge in [0.1, 0.15) is 12.2 Å². The summed E-state index contributed by atoms with van der Waals surface area (Å²) in [5.74, 6) is 4.31. The lowest BCUT2D eigenvalue weighted by Gasteiger charge is -2.57. The minimum Gasteiger partial charge on any atom is -0.310 e. The van der Waals surface area contributed by atoms with Crippen molar-refractivity contribution < 1.29 is 0 Å². The Kier molecular flexibility index (Phi) is 2.11. The smallest absolute Gasteiger partial charge is 0.148 e. The molecule has 0 radical (unpaired) electrons. The van der Waals surface area contributed by atoms with Gasteiger partial charge in [-0.1, -0.05) is 0 Å². The number of aromatic nitrogens is 3. The van der Waals surface area contributed by atoms with Gasteiger partial charge in [0.05, 0.1) is 5.88 Å². The average molecular weight is 252 g/mol. The van der Waals surface area contributed by atoms with Crippen LogP contribution < -0.4 is 0 Å². The molecule has 5 rings (SSSR count). The number of hydrogen-bond acceptors (Lipinski definition) is 2. The van der Waals surface area contributed by atoms with E-state index in [1.54, 1.807) is 0 Å². The van der Waals surface area contributed by atoms with E-state index in [4.69, 9.17) is 11.6 Å². The second-order valence-electron chi connectivity index (χ2n) is 6.39. The third-order valence-electron chi connectivity index (χ3n) is 5.25. The Labute approximate surface area is 107 Å². The molecule has 4 aliphatic rings. The van der Waals surface area contributed by atoms with Crippen molar-refractivity contribution >= 4 is 11.6 Å². The second-order valence-corrected chi connectivity index (χ2v) is 6.66. The van der Waals surface area contributed by atoms with Crippen LogP contribution in [0.4, 0.5) is 0 Å². The molecule has 0 unspecified atom stereocenters. The zero-order valence-corrected chi connectivity index (χ0v) is 10.7. The fourth-order valence-corrected chi connectivity index (χ4v) is 5.29. The summed E-state index contributed by atoms with van der Waals surface area (Å²) in [6.07, 6.45) is 10.3. The van der Waals surface area contributed by atoms with Crippen molar-refractivity contribution in [3.05, 3.63) is 12.2 Å². The number of nitrogens with zero attached hydrogens (tertiary/aromatic N) is 3. The monoisotopic (exact) mass is 251 g/mol. The Balaban J connectivity index is 1.77. The molecule has 0 saturated heterocycles. The highest BCUT2D eigenvalue weighted by molar-refractivity contribution is 6.16. The van der Waals surface area contributed by atoms with Crippen LogP contribution in [-0.4, -0.2) is 14.8 Å². The third-order valence-corrected chi connectivity index (χ3v) is 5.49. The van der Waals surface area contributed by atoms with Gasteiger partial charge in [-0.25, -0.2) is 0 Å². The van der Waals surface area contributed by atoms with E-state index in [-0.39, 0.29) is 0 Å². The van der Waals surface area contributed by atoms with Gasteiger partial charge in [-0.2, -0.15) is 0 Å². The van der Waals surface area contributed by atoms with Crippen molar-refractivity contribution in [2.75, 3.05) is 0 Å². The number of alkyl halides is 1. The maximum absolute atomic E-state index is 5.99. The largest absolute Gasteiger partial charge is 0.310 e. The van der Waals surface area contributed by atoms with Gasteiger partial charge in [-0.15, -0.1) is 21.8 Å². The second kappa shape index (κ2) is 3.47. The summed E-state index contributed by atoms with van der Waals surface area (Å²) < 4.78 is 2.32. The minimum absolute atomic E-state index is 0.322. The number of rotatable bonds is 2. The van der Waals surface area contributed by atoms with Gasteiger partial charge in [-0.05, 0) is 56.3 Å². The number of halogens is 1. The van der Waals surface area contributed by atoms with E-state index in [1.165, 1.54) is 38.5 Å². The molecule has 0 aromatic carbocycles. The van der Waals surface area contributed by atoms with Crippen molar-refractivity contribution in [2.24, 2.45) is 17.8 Å². The molecule has 4 fully saturated rings. The van der Waals surface area contributed by atoms with Gasteiger partial charge in [0.15, 0.2) is 0 Å². The summed E-state index contributed by atoms with van der Waals surface area (Å²) in [6, 6.07) is 0. The van der Waals surface area contributed by atoms with Gasteiger partial charge in [0, 0.05) is 5.54 Å². The molecule has 1 aromatic rings. The quantitative estimate of drug-likeness (QED) is 0.757. The van der Waals surface area contributed by atoms with Crippen LogP contribution in [0.1, 0.15) is 44.3 Å². The summed E-state index contributed by atoms with van der Waals surface area (Å²) in [5, 5.41) is 8.25. The lowest BCUT2D eigenvalue weighted by Crippen LogP contribution is -2.52. The molecule has 0 spiro atoms. The first-order valence-electron chi connectivity index (χ1n) is 6.74. The van der Waals surface area contributed by atoms with Crippen LogP contribution in [0.2, 0.25) is 0 Å². The van der Waals surface area contributed by atoms with E-state index in [9.17, 15) is 0 Å². The SMILES string of the molecule is ClCc1nncn1C12CC3CC(CC(C3)C1)C2. The van der Waals surface area contributed by atoms with Crippen LogP contribution >= 0.6 is 11.6 Å². The first-order valence-corrected chi connectivity index (χ1v) is 7.28. The van der Waals surface area contributed by atoms with E-state index in [1.807, 2.05) is 6.33 Å². The Bertz CT molecular complexity index is 404. The van der Waals surface area contributed by atoms with Gasteiger partial charge in [0.25, 0.3) is 0 Å². The molecule has 0 amide bonds. The minimum atomic E-state index is 0.322. The van der Waals surface area contributed by atoms with Crippen molar-refractivity contribution in [3.8, 4) is 0 Å². The van der Waals surface area contributed by atoms with Crippen molar-refractivity contribution in [3.63, 3.8) is 0 Å². The van der Waals surface area contributed by atoms with Crippen molar-refractivity contribution in [1.82, 2.24) is 14.8 Å². The molecule has 1 aromatic heterocycles. The van der Waals surface area contributed by atoms with Crippen LogP contribution in [0.3, 0.4) is 0 Å². The summed E-state index contributed by atoms with van der Waals surface area (Å²) in [7, 11) is 0. The lowest BCUT2D eigenvalue weighted by atomic mass is 9.53. The molecule has 4 saturated carbocycles. The molecule has 4 aliphatic carbocycles. The van der Waals surface area contributed by atoms with Crippen LogP contribution in [0, 0.1) is 17.8 Å². The lowest BCUT2D eigenvalue weighted by molar-refractivity contribution is -0.0443. The van der Waals surface area contributed by atoms with E-state index < -0.39 is 0 Å². The van der Waals surface area contributed by atoms with E-state index in [0.29, 0.717) is 11.4 Å². The normalized spacial score (nSPS) is 43.2. The molecular formula is C13H18ClN3. The van der Waals surface area contributed by atoms with Gasteiger partial charge < -0.3 is 4.57 Å². The van der Waals surface area contributed by atoms with Crippen molar-refractivity contribution in [1.29, 1.82) is 0 Å². The molecule has 3 nitrogen and oxygen atoms in total. The van der Waals surface area contributed by atoms with Crippen molar-refractivity contribution in [2.45, 2.75) is 49.9 Å². The average Bonchev–Trinajstić information content (AvgIpc) is 2.75. The van der Waals surface area contributed by atoms with Gasteiger partial charge >= 0.3 is 0 Å². The summed E-state index contributed by atoms with van der Waals surface area (Å²) in [6.45, 7) is 0. The molecule has 0 atom stereocenters. The van der Waals surface area contributed by atoms with E-state index >= 15 is 0 Å². The van der Waals surface area contributed by atoms with Gasteiger partial charge in [0.2, 0.25) is 0 Å². The Morgan fingerprint density at radius 2 is 1.76 bits per heavy atom. The molecule has 1 heterocycles. The zero-order chi connectivity index (χ0) is 11.5. The Morgan fingerprint density at radius 1 is 1.18 bits per heavy atom. The highest BCUT2D eigenvalue weighted by Crippen LogP contribution is 2.58. The highest BCUT2D eigenvalue weighted by atomic mass is 35.5. The first kappa shape index (κ1) is 10.4. The molecule has 0 aliphatic heterocycles. The summed E-state index contributed by atoms with van der Waals surface area (Å²) in [4.78, 5) is 0. The first-order chi connectivity index (χ1) is 8.29. The van der Waals surface area contributed by atoms with Crippen LogP contribution in [-0.2, 0) is 11.4 Å². The fraction of sp³-hybridized carbons (Fsp3) is 0.846. The van der Waals surface area contributed by atoms with E-state index in [2.05, 4.69) is 14.8 Å². The molecule has 4 heteroatoms. The fourth-order valence-electron chi connectivity index (χ4n) is 5.11.